The zero-order valence-electron chi connectivity index (χ0n) is 12.1. The van der Waals surface area contributed by atoms with Gasteiger partial charge in [-0.3, -0.25) is 4.79 Å². The van der Waals surface area contributed by atoms with E-state index in [-0.39, 0.29) is 11.9 Å². The Hall–Kier alpha value is -2.04. The number of carbonyl (C=O) groups excluding carboxylic acids is 1. The Labute approximate surface area is 124 Å². The summed E-state index contributed by atoms with van der Waals surface area (Å²) < 4.78 is 5.75. The van der Waals surface area contributed by atoms with Crippen LogP contribution in [-0.4, -0.2) is 24.4 Å². The van der Waals surface area contributed by atoms with Gasteiger partial charge in [0.05, 0.1) is 5.69 Å². The number of carbonyl (C=O) groups is 1. The molecule has 0 spiro atoms. The third-order valence-electron chi connectivity index (χ3n) is 4.73. The van der Waals surface area contributed by atoms with Gasteiger partial charge in [-0.2, -0.15) is 5.10 Å². The first-order chi connectivity index (χ1) is 10.2. The van der Waals surface area contributed by atoms with Crippen LogP contribution >= 0.6 is 0 Å². The largest absolute Gasteiger partial charge is 0.483 e. The lowest BCUT2D eigenvalue weighted by Gasteiger charge is -2.38. The summed E-state index contributed by atoms with van der Waals surface area (Å²) in [6.07, 6.45) is 5.15. The lowest BCUT2D eigenvalue weighted by atomic mass is 9.81. The summed E-state index contributed by atoms with van der Waals surface area (Å²) in [5, 5.41) is 4.12. The van der Waals surface area contributed by atoms with Crippen LogP contribution in [0.5, 0.6) is 5.75 Å². The van der Waals surface area contributed by atoms with E-state index in [1.165, 1.54) is 24.8 Å². The first-order valence-electron chi connectivity index (χ1n) is 7.64. The molecule has 0 aromatic heterocycles. The van der Waals surface area contributed by atoms with Crippen LogP contribution in [0.4, 0.5) is 5.69 Å². The third-order valence-corrected chi connectivity index (χ3v) is 4.73. The molecule has 1 saturated carbocycles. The SMILES string of the molecule is CC1C(=O)NN=C2COc3ccc(CC4CCC4)cc3N21. The van der Waals surface area contributed by atoms with E-state index in [9.17, 15) is 4.79 Å². The zero-order chi connectivity index (χ0) is 14.4. The molecule has 110 valence electrons. The first-order valence-corrected chi connectivity index (χ1v) is 7.64. The van der Waals surface area contributed by atoms with Crippen LogP contribution in [0.3, 0.4) is 0 Å². The molecule has 5 nitrogen and oxygen atoms in total. The van der Waals surface area contributed by atoms with Gasteiger partial charge in [0.1, 0.15) is 18.4 Å². The smallest absolute Gasteiger partial charge is 0.262 e. The van der Waals surface area contributed by atoms with Crippen LogP contribution in [0.1, 0.15) is 31.7 Å². The Balaban J connectivity index is 1.69. The fraction of sp³-hybridized carbons (Fsp3) is 0.500. The van der Waals surface area contributed by atoms with E-state index < -0.39 is 0 Å². The molecule has 1 aromatic carbocycles. The lowest BCUT2D eigenvalue weighted by molar-refractivity contribution is -0.122. The first kappa shape index (κ1) is 12.7. The summed E-state index contributed by atoms with van der Waals surface area (Å²) in [6, 6.07) is 6.09. The zero-order valence-corrected chi connectivity index (χ0v) is 12.1. The van der Waals surface area contributed by atoms with Gasteiger partial charge in [0.15, 0.2) is 5.84 Å². The van der Waals surface area contributed by atoms with Crippen molar-refractivity contribution in [2.45, 2.75) is 38.6 Å². The average molecular weight is 285 g/mol. The van der Waals surface area contributed by atoms with Crippen molar-refractivity contribution in [1.29, 1.82) is 0 Å². The maximum atomic E-state index is 11.9. The Morgan fingerprint density at radius 1 is 1.43 bits per heavy atom. The number of nitrogens with one attached hydrogen (secondary N) is 1. The number of ether oxygens (including phenoxy) is 1. The van der Waals surface area contributed by atoms with Crippen LogP contribution in [0.2, 0.25) is 0 Å². The standard InChI is InChI=1S/C16H19N3O2/c1-10-16(20)18-17-15-9-21-14-6-5-12(7-11-3-2-4-11)8-13(14)19(10)15/h5-6,8,10-11H,2-4,7,9H2,1H3,(H,18,20). The fourth-order valence-electron chi connectivity index (χ4n) is 3.23. The topological polar surface area (TPSA) is 53.9 Å². The number of nitrogens with zero attached hydrogens (tertiary/aromatic N) is 2. The van der Waals surface area contributed by atoms with E-state index >= 15 is 0 Å². The molecule has 1 fully saturated rings. The molecule has 1 atom stereocenters. The summed E-state index contributed by atoms with van der Waals surface area (Å²) in [5.74, 6) is 2.36. The molecule has 3 aliphatic rings. The van der Waals surface area contributed by atoms with Gasteiger partial charge in [-0.25, -0.2) is 5.43 Å². The number of anilines is 1. The van der Waals surface area contributed by atoms with Crippen molar-refractivity contribution < 1.29 is 9.53 Å². The van der Waals surface area contributed by atoms with E-state index in [0.29, 0.717) is 6.61 Å². The van der Waals surface area contributed by atoms with Gasteiger partial charge in [-0.05, 0) is 37.0 Å². The van der Waals surface area contributed by atoms with Gasteiger partial charge in [-0.1, -0.05) is 25.3 Å². The van der Waals surface area contributed by atoms with Gasteiger partial charge in [0, 0.05) is 0 Å². The number of fused-ring (bicyclic) bond motifs is 3. The van der Waals surface area contributed by atoms with Crippen molar-refractivity contribution in [3.63, 3.8) is 0 Å². The molecule has 21 heavy (non-hydrogen) atoms. The molecule has 0 saturated heterocycles. The Kier molecular flexibility index (Phi) is 2.87. The molecule has 4 rings (SSSR count). The molecule has 1 N–H and O–H groups in total. The minimum Gasteiger partial charge on any atom is -0.483 e. The fourth-order valence-corrected chi connectivity index (χ4v) is 3.23. The molecule has 5 heteroatoms. The highest BCUT2D eigenvalue weighted by atomic mass is 16.5. The summed E-state index contributed by atoms with van der Waals surface area (Å²) in [6.45, 7) is 2.30. The maximum absolute atomic E-state index is 11.9. The Morgan fingerprint density at radius 3 is 3.05 bits per heavy atom. The molecule has 2 aliphatic heterocycles. The summed E-state index contributed by atoms with van der Waals surface area (Å²) in [4.78, 5) is 13.9. The third kappa shape index (κ3) is 2.07. The van der Waals surface area contributed by atoms with Gasteiger partial charge < -0.3 is 9.64 Å². The lowest BCUT2D eigenvalue weighted by Crippen LogP contribution is -2.55. The summed E-state index contributed by atoms with van der Waals surface area (Å²) in [5.41, 5.74) is 4.85. The van der Waals surface area contributed by atoms with Gasteiger partial charge >= 0.3 is 0 Å². The van der Waals surface area contributed by atoms with Crippen molar-refractivity contribution in [3.05, 3.63) is 23.8 Å². The molecular formula is C16H19N3O2. The number of rotatable bonds is 2. The van der Waals surface area contributed by atoms with Crippen LogP contribution < -0.4 is 15.1 Å². The molecule has 1 unspecified atom stereocenters. The van der Waals surface area contributed by atoms with Crippen molar-refractivity contribution in [2.24, 2.45) is 11.0 Å². The second-order valence-electron chi connectivity index (χ2n) is 6.14. The van der Waals surface area contributed by atoms with E-state index in [1.807, 2.05) is 17.9 Å². The predicted octanol–water partition coefficient (Wildman–Crippen LogP) is 2.06. The number of hydrogen-bond donors (Lipinski definition) is 1. The number of hydrogen-bond acceptors (Lipinski definition) is 4. The number of amidine groups is 1. The van der Waals surface area contributed by atoms with Crippen molar-refractivity contribution in [2.75, 3.05) is 11.5 Å². The number of amides is 1. The Morgan fingerprint density at radius 2 is 2.29 bits per heavy atom. The molecule has 0 bridgehead atoms. The normalized spacial score (nSPS) is 24.2. The van der Waals surface area contributed by atoms with Crippen molar-refractivity contribution >= 4 is 17.4 Å². The van der Waals surface area contributed by atoms with Gasteiger partial charge in [0.2, 0.25) is 0 Å². The van der Waals surface area contributed by atoms with Crippen LogP contribution in [0, 0.1) is 5.92 Å². The van der Waals surface area contributed by atoms with Crippen molar-refractivity contribution in [1.82, 2.24) is 5.43 Å². The van der Waals surface area contributed by atoms with Crippen LogP contribution in [0.25, 0.3) is 0 Å². The number of hydrazone groups is 1. The second kappa shape index (κ2) is 4.76. The summed E-state index contributed by atoms with van der Waals surface area (Å²) >= 11 is 0. The van der Waals surface area contributed by atoms with Crippen LogP contribution in [0.15, 0.2) is 23.3 Å². The highest BCUT2D eigenvalue weighted by Crippen LogP contribution is 2.37. The molecular weight excluding hydrogens is 266 g/mol. The van der Waals surface area contributed by atoms with Gasteiger partial charge in [0.25, 0.3) is 5.91 Å². The van der Waals surface area contributed by atoms with E-state index in [1.54, 1.807) is 0 Å². The predicted molar refractivity (Wildman–Crippen MR) is 80.5 cm³/mol. The highest BCUT2D eigenvalue weighted by molar-refractivity contribution is 6.09. The average Bonchev–Trinajstić information content (AvgIpc) is 2.46. The van der Waals surface area contributed by atoms with Crippen molar-refractivity contribution in [3.8, 4) is 5.75 Å². The minimum absolute atomic E-state index is 0.0732. The number of benzene rings is 1. The molecule has 1 amide bonds. The highest BCUT2D eigenvalue weighted by Gasteiger charge is 2.35. The Bertz CT molecular complexity index is 622. The second-order valence-corrected chi connectivity index (χ2v) is 6.14. The van der Waals surface area contributed by atoms with Crippen LogP contribution in [-0.2, 0) is 11.2 Å². The van der Waals surface area contributed by atoms with E-state index in [4.69, 9.17) is 4.74 Å². The molecule has 1 aromatic rings. The molecule has 2 heterocycles. The van der Waals surface area contributed by atoms with E-state index in [0.717, 1.165) is 29.6 Å². The minimum atomic E-state index is -0.251. The quantitative estimate of drug-likeness (QED) is 0.905. The molecule has 0 radical (unpaired) electrons. The summed E-state index contributed by atoms with van der Waals surface area (Å²) in [7, 11) is 0. The monoisotopic (exact) mass is 285 g/mol. The maximum Gasteiger partial charge on any atom is 0.262 e. The van der Waals surface area contributed by atoms with E-state index in [2.05, 4.69) is 22.7 Å². The molecule has 1 aliphatic carbocycles. The van der Waals surface area contributed by atoms with Gasteiger partial charge in [-0.15, -0.1) is 0 Å².